The maximum atomic E-state index is 12.2. The zero-order valence-electron chi connectivity index (χ0n) is 9.86. The number of halogens is 3. The normalized spacial score (nSPS) is 22.9. The lowest BCUT2D eigenvalue weighted by Gasteiger charge is -2.17. The molecule has 2 N–H and O–H groups in total. The first-order valence-electron chi connectivity index (χ1n) is 5.29. The van der Waals surface area contributed by atoms with E-state index in [0.29, 0.717) is 11.3 Å². The van der Waals surface area contributed by atoms with Crippen molar-refractivity contribution in [1.29, 1.82) is 0 Å². The predicted octanol–water partition coefficient (Wildman–Crippen LogP) is 1.58. The lowest BCUT2D eigenvalue weighted by molar-refractivity contribution is -0.266. The number of methoxy groups -OCH3 is 1. The average Bonchev–Trinajstić information content (AvgIpc) is 2.69. The third-order valence-electron chi connectivity index (χ3n) is 2.39. The van der Waals surface area contributed by atoms with Gasteiger partial charge < -0.3 is 9.84 Å². The molecule has 0 saturated heterocycles. The molecule has 1 aliphatic heterocycles. The molecule has 104 valence electrons. The topological polar surface area (TPSA) is 63.1 Å². The van der Waals surface area contributed by atoms with Crippen LogP contribution in [-0.2, 0) is 4.84 Å². The van der Waals surface area contributed by atoms with Crippen molar-refractivity contribution >= 4 is 5.84 Å². The fourth-order valence-electron chi connectivity index (χ4n) is 1.56. The number of hydrogen-bond donors (Lipinski definition) is 2. The number of aliphatic imine (C=N–C) groups is 1. The van der Waals surface area contributed by atoms with Gasteiger partial charge in [-0.2, -0.15) is 13.2 Å². The molecule has 0 amide bonds. The number of benzene rings is 1. The summed E-state index contributed by atoms with van der Waals surface area (Å²) in [6, 6.07) is 6.38. The Kier molecular flexibility index (Phi) is 3.38. The van der Waals surface area contributed by atoms with Crippen LogP contribution in [0.4, 0.5) is 13.2 Å². The van der Waals surface area contributed by atoms with Crippen molar-refractivity contribution < 1.29 is 27.9 Å². The van der Waals surface area contributed by atoms with Gasteiger partial charge in [-0.05, 0) is 24.3 Å². The van der Waals surface area contributed by atoms with Gasteiger partial charge in [0.05, 0.1) is 7.11 Å². The average molecular weight is 276 g/mol. The van der Waals surface area contributed by atoms with E-state index in [4.69, 9.17) is 4.74 Å². The Morgan fingerprint density at radius 3 is 2.53 bits per heavy atom. The summed E-state index contributed by atoms with van der Waals surface area (Å²) < 4.78 is 41.6. The number of aliphatic hydroxyl groups is 1. The smallest absolute Gasteiger partial charge is 0.396 e. The number of amidine groups is 1. The first kappa shape index (κ1) is 13.6. The Hall–Kier alpha value is -1.80. The summed E-state index contributed by atoms with van der Waals surface area (Å²) in [5, 5.41) is 9.54. The van der Waals surface area contributed by atoms with Crippen molar-refractivity contribution in [2.75, 3.05) is 7.11 Å². The van der Waals surface area contributed by atoms with Crippen molar-refractivity contribution in [3.63, 3.8) is 0 Å². The molecular weight excluding hydrogens is 265 g/mol. The van der Waals surface area contributed by atoms with Crippen LogP contribution in [0.2, 0.25) is 0 Å². The summed E-state index contributed by atoms with van der Waals surface area (Å²) in [7, 11) is 1.49. The van der Waals surface area contributed by atoms with Crippen LogP contribution < -0.4 is 10.2 Å². The molecule has 1 aromatic carbocycles. The van der Waals surface area contributed by atoms with E-state index < -0.39 is 18.5 Å². The third-order valence-corrected chi connectivity index (χ3v) is 2.39. The summed E-state index contributed by atoms with van der Waals surface area (Å²) in [5.41, 5.74) is 2.65. The molecule has 0 saturated carbocycles. The second-order valence-corrected chi connectivity index (χ2v) is 3.93. The van der Waals surface area contributed by atoms with Gasteiger partial charge in [0.15, 0.2) is 5.84 Å². The molecule has 0 fully saturated rings. The molecular formula is C11H11F3N2O3. The Bertz CT molecular complexity index is 487. The Labute approximate surface area is 106 Å². The molecule has 0 radical (unpaired) electrons. The van der Waals surface area contributed by atoms with Gasteiger partial charge in [0, 0.05) is 5.56 Å². The van der Waals surface area contributed by atoms with Crippen molar-refractivity contribution in [2.24, 2.45) is 4.99 Å². The fourth-order valence-corrected chi connectivity index (χ4v) is 1.56. The number of hydrogen-bond acceptors (Lipinski definition) is 5. The highest BCUT2D eigenvalue weighted by molar-refractivity contribution is 5.99. The number of hydroxylamine groups is 1. The Morgan fingerprint density at radius 1 is 1.37 bits per heavy atom. The maximum Gasteiger partial charge on any atom is 0.396 e. The molecule has 19 heavy (non-hydrogen) atoms. The number of nitrogens with one attached hydrogen (secondary N) is 1. The van der Waals surface area contributed by atoms with Crippen LogP contribution in [0, 0.1) is 0 Å². The molecule has 2 rings (SSSR count). The Morgan fingerprint density at radius 2 is 2.00 bits per heavy atom. The number of alkyl halides is 3. The van der Waals surface area contributed by atoms with E-state index in [1.807, 2.05) is 0 Å². The van der Waals surface area contributed by atoms with Gasteiger partial charge >= 0.3 is 6.18 Å². The van der Waals surface area contributed by atoms with E-state index in [1.54, 1.807) is 24.3 Å². The van der Waals surface area contributed by atoms with Gasteiger partial charge in [-0.15, -0.1) is 0 Å². The molecule has 1 aromatic rings. The molecule has 0 aromatic heterocycles. The van der Waals surface area contributed by atoms with Crippen LogP contribution in [0.5, 0.6) is 5.75 Å². The zero-order valence-corrected chi connectivity index (χ0v) is 9.86. The van der Waals surface area contributed by atoms with Crippen molar-refractivity contribution in [1.82, 2.24) is 5.48 Å². The minimum Gasteiger partial charge on any atom is -0.497 e. The third kappa shape index (κ3) is 3.36. The van der Waals surface area contributed by atoms with Crippen LogP contribution in [0.3, 0.4) is 0 Å². The van der Waals surface area contributed by atoms with Gasteiger partial charge in [-0.3, -0.25) is 0 Å². The molecule has 0 spiro atoms. The number of nitrogens with zero attached hydrogens (tertiary/aromatic N) is 1. The minimum atomic E-state index is -4.59. The van der Waals surface area contributed by atoms with E-state index in [-0.39, 0.29) is 5.84 Å². The second-order valence-electron chi connectivity index (χ2n) is 3.93. The summed E-state index contributed by atoms with van der Waals surface area (Å²) in [6.07, 6.45) is -6.18. The van der Waals surface area contributed by atoms with E-state index in [1.165, 1.54) is 7.11 Å². The maximum absolute atomic E-state index is 12.2. The van der Waals surface area contributed by atoms with Crippen LogP contribution in [0.15, 0.2) is 29.3 Å². The lowest BCUT2D eigenvalue weighted by atomic mass is 10.2. The molecule has 8 heteroatoms. The monoisotopic (exact) mass is 276 g/mol. The van der Waals surface area contributed by atoms with Crippen LogP contribution >= 0.6 is 0 Å². The molecule has 0 bridgehead atoms. The van der Waals surface area contributed by atoms with Crippen LogP contribution in [0.25, 0.3) is 0 Å². The highest BCUT2D eigenvalue weighted by Gasteiger charge is 2.46. The van der Waals surface area contributed by atoms with Gasteiger partial charge in [-0.1, -0.05) is 0 Å². The highest BCUT2D eigenvalue weighted by atomic mass is 19.4. The molecule has 5 nitrogen and oxygen atoms in total. The summed E-state index contributed by atoms with van der Waals surface area (Å²) in [6.45, 7) is 0. The van der Waals surface area contributed by atoms with E-state index >= 15 is 0 Å². The molecule has 1 unspecified atom stereocenters. The molecule has 1 atom stereocenters. The number of rotatable bonds is 3. The highest BCUT2D eigenvalue weighted by Crippen LogP contribution is 2.31. The quantitative estimate of drug-likeness (QED) is 0.879. The molecule has 1 aliphatic rings. The largest absolute Gasteiger partial charge is 0.497 e. The summed E-state index contributed by atoms with van der Waals surface area (Å²) in [4.78, 5) is 8.00. The van der Waals surface area contributed by atoms with Gasteiger partial charge in [0.25, 0.3) is 5.91 Å². The standard InChI is InChI=1S/C11H11F3N2O3/c1-18-8-4-2-7(3-5-8)9-15-11(17,19-16-9)6-10(12,13)14/h2-5,17H,6H2,1H3,(H,15,16). The first-order chi connectivity index (χ1) is 8.81. The molecule has 0 aliphatic carbocycles. The van der Waals surface area contributed by atoms with Crippen molar-refractivity contribution in [3.05, 3.63) is 29.8 Å². The van der Waals surface area contributed by atoms with E-state index in [2.05, 4.69) is 15.3 Å². The van der Waals surface area contributed by atoms with Gasteiger partial charge in [0.1, 0.15) is 12.2 Å². The van der Waals surface area contributed by atoms with Crippen molar-refractivity contribution in [2.45, 2.75) is 18.5 Å². The second kappa shape index (κ2) is 4.71. The lowest BCUT2D eigenvalue weighted by Crippen LogP contribution is -2.35. The van der Waals surface area contributed by atoms with E-state index in [9.17, 15) is 18.3 Å². The van der Waals surface area contributed by atoms with Crippen molar-refractivity contribution in [3.8, 4) is 5.75 Å². The van der Waals surface area contributed by atoms with Gasteiger partial charge in [0.2, 0.25) is 0 Å². The predicted molar refractivity (Wildman–Crippen MR) is 59.4 cm³/mol. The van der Waals surface area contributed by atoms with Crippen LogP contribution in [0.1, 0.15) is 12.0 Å². The number of ether oxygens (including phenoxy) is 1. The SMILES string of the molecule is COc1ccc(C2=NC(O)(CC(F)(F)F)ON2)cc1. The fraction of sp³-hybridized carbons (Fsp3) is 0.364. The summed E-state index contributed by atoms with van der Waals surface area (Å²) in [5.74, 6) is -2.02. The zero-order chi connectivity index (χ0) is 14.1. The molecule has 1 heterocycles. The first-order valence-corrected chi connectivity index (χ1v) is 5.29. The van der Waals surface area contributed by atoms with E-state index in [0.717, 1.165) is 0 Å². The van der Waals surface area contributed by atoms with Gasteiger partial charge in [-0.25, -0.2) is 15.3 Å². The minimum absolute atomic E-state index is 0.0226. The van der Waals surface area contributed by atoms with Crippen LogP contribution in [-0.4, -0.2) is 30.1 Å². The summed E-state index contributed by atoms with van der Waals surface area (Å²) >= 11 is 0. The Balaban J connectivity index is 2.17.